The first-order valence-electron chi connectivity index (χ1n) is 2.85. The third kappa shape index (κ3) is 2.57. The van der Waals surface area contributed by atoms with E-state index in [-0.39, 0.29) is 13.2 Å². The summed E-state index contributed by atoms with van der Waals surface area (Å²) in [5.74, 6) is 0. The second-order valence-electron chi connectivity index (χ2n) is 2.03. The largest absolute Gasteiger partial charge is 0.366 e. The standard InChI is InChI=1S/C4H7ClO5S/c5-11(7,8)4-2-9-3(6)1-10-4/h3-4,6H,1-2H2. The lowest BCUT2D eigenvalue weighted by Crippen LogP contribution is -2.38. The van der Waals surface area contributed by atoms with Gasteiger partial charge in [-0.2, -0.15) is 0 Å². The summed E-state index contributed by atoms with van der Waals surface area (Å²) in [6.07, 6.45) is -1.05. The zero-order chi connectivity index (χ0) is 8.48. The fourth-order valence-electron chi connectivity index (χ4n) is 0.638. The van der Waals surface area contributed by atoms with Crippen molar-refractivity contribution in [1.29, 1.82) is 0 Å². The quantitative estimate of drug-likeness (QED) is 0.567. The molecule has 1 saturated heterocycles. The fraction of sp³-hybridized carbons (Fsp3) is 1.00. The van der Waals surface area contributed by atoms with Gasteiger partial charge in [-0.15, -0.1) is 0 Å². The van der Waals surface area contributed by atoms with Crippen LogP contribution in [0.1, 0.15) is 0 Å². The normalized spacial score (nSPS) is 33.6. The smallest absolute Gasteiger partial charge is 0.261 e. The molecule has 7 heteroatoms. The number of aliphatic hydroxyl groups is 1. The first-order chi connectivity index (χ1) is 5.00. The van der Waals surface area contributed by atoms with E-state index in [0.717, 1.165) is 0 Å². The predicted octanol–water partition coefficient (Wildman–Crippen LogP) is -0.754. The molecular weight excluding hydrogens is 196 g/mol. The molecule has 0 radical (unpaired) electrons. The Balaban J connectivity index is 2.53. The lowest BCUT2D eigenvalue weighted by molar-refractivity contribution is -0.194. The Morgan fingerprint density at radius 2 is 2.00 bits per heavy atom. The Labute approximate surface area is 68.3 Å². The van der Waals surface area contributed by atoms with Crippen molar-refractivity contribution in [3.8, 4) is 0 Å². The van der Waals surface area contributed by atoms with Gasteiger partial charge in [0.25, 0.3) is 9.05 Å². The van der Waals surface area contributed by atoms with Gasteiger partial charge in [0.1, 0.15) is 0 Å². The maximum absolute atomic E-state index is 10.6. The maximum atomic E-state index is 10.6. The van der Waals surface area contributed by atoms with Crippen LogP contribution in [0.25, 0.3) is 0 Å². The first-order valence-corrected chi connectivity index (χ1v) is 5.22. The van der Waals surface area contributed by atoms with Crippen LogP contribution in [0.5, 0.6) is 0 Å². The number of hydrogen-bond acceptors (Lipinski definition) is 5. The molecule has 1 heterocycles. The topological polar surface area (TPSA) is 72.8 Å². The van der Waals surface area contributed by atoms with Crippen molar-refractivity contribution in [2.24, 2.45) is 0 Å². The van der Waals surface area contributed by atoms with Gasteiger partial charge in [0.15, 0.2) is 11.7 Å². The molecule has 1 aliphatic rings. The minimum Gasteiger partial charge on any atom is -0.366 e. The van der Waals surface area contributed by atoms with Crippen molar-refractivity contribution >= 4 is 19.7 Å². The van der Waals surface area contributed by atoms with Crippen LogP contribution in [-0.4, -0.2) is 38.5 Å². The van der Waals surface area contributed by atoms with E-state index < -0.39 is 20.8 Å². The molecule has 0 aliphatic carbocycles. The van der Waals surface area contributed by atoms with Crippen LogP contribution in [0, 0.1) is 0 Å². The van der Waals surface area contributed by atoms with Crippen molar-refractivity contribution in [3.63, 3.8) is 0 Å². The second kappa shape index (κ2) is 3.24. The van der Waals surface area contributed by atoms with Crippen molar-refractivity contribution in [2.45, 2.75) is 11.7 Å². The highest BCUT2D eigenvalue weighted by molar-refractivity contribution is 8.14. The van der Waals surface area contributed by atoms with E-state index >= 15 is 0 Å². The van der Waals surface area contributed by atoms with Crippen molar-refractivity contribution in [1.82, 2.24) is 0 Å². The summed E-state index contributed by atoms with van der Waals surface area (Å²) in [6, 6.07) is 0. The molecule has 0 aromatic heterocycles. The minimum atomic E-state index is -3.74. The molecule has 1 fully saturated rings. The van der Waals surface area contributed by atoms with E-state index in [9.17, 15) is 8.42 Å². The third-order valence-corrected chi connectivity index (χ3v) is 2.66. The molecule has 1 aliphatic heterocycles. The van der Waals surface area contributed by atoms with E-state index in [1.165, 1.54) is 0 Å². The predicted molar refractivity (Wildman–Crippen MR) is 36.5 cm³/mol. The number of ether oxygens (including phenoxy) is 2. The molecular formula is C4H7ClO5S. The summed E-state index contributed by atoms with van der Waals surface area (Å²) in [5.41, 5.74) is -1.16. The van der Waals surface area contributed by atoms with Crippen LogP contribution >= 0.6 is 10.7 Å². The van der Waals surface area contributed by atoms with Gasteiger partial charge in [0, 0.05) is 10.7 Å². The Bertz CT molecular complexity index is 217. The molecule has 0 spiro atoms. The monoisotopic (exact) mass is 202 g/mol. The number of rotatable bonds is 1. The number of halogens is 1. The first kappa shape index (κ1) is 9.21. The highest BCUT2D eigenvalue weighted by atomic mass is 35.7. The van der Waals surface area contributed by atoms with Crippen molar-refractivity contribution in [2.75, 3.05) is 13.2 Å². The van der Waals surface area contributed by atoms with E-state index in [2.05, 4.69) is 9.47 Å². The summed E-state index contributed by atoms with van der Waals surface area (Å²) in [4.78, 5) is 0. The lowest BCUT2D eigenvalue weighted by atomic mass is 10.6. The molecule has 0 aromatic rings. The second-order valence-corrected chi connectivity index (χ2v) is 4.79. The van der Waals surface area contributed by atoms with E-state index in [1.54, 1.807) is 0 Å². The van der Waals surface area contributed by atoms with Gasteiger partial charge in [-0.05, 0) is 0 Å². The van der Waals surface area contributed by atoms with Crippen molar-refractivity contribution in [3.05, 3.63) is 0 Å². The minimum absolute atomic E-state index is 0.170. The van der Waals surface area contributed by atoms with Gasteiger partial charge in [-0.1, -0.05) is 0 Å². The van der Waals surface area contributed by atoms with Gasteiger partial charge < -0.3 is 14.6 Å². The lowest BCUT2D eigenvalue weighted by Gasteiger charge is -2.23. The van der Waals surface area contributed by atoms with Gasteiger partial charge in [-0.25, -0.2) is 8.42 Å². The summed E-state index contributed by atoms with van der Waals surface area (Å²) < 4.78 is 30.4. The van der Waals surface area contributed by atoms with Crippen LogP contribution < -0.4 is 0 Å². The van der Waals surface area contributed by atoms with Gasteiger partial charge in [0.2, 0.25) is 0 Å². The number of hydrogen-bond donors (Lipinski definition) is 1. The Morgan fingerprint density at radius 1 is 1.36 bits per heavy atom. The van der Waals surface area contributed by atoms with E-state index in [4.69, 9.17) is 15.8 Å². The highest BCUT2D eigenvalue weighted by Crippen LogP contribution is 2.14. The molecule has 0 saturated carbocycles. The SMILES string of the molecule is O=S(=O)(Cl)C1COC(O)CO1. The summed E-state index contributed by atoms with van der Waals surface area (Å²) in [7, 11) is 1.21. The molecule has 11 heavy (non-hydrogen) atoms. The average molecular weight is 203 g/mol. The van der Waals surface area contributed by atoms with Crippen molar-refractivity contribution < 1.29 is 23.0 Å². The number of aliphatic hydroxyl groups excluding tert-OH is 1. The van der Waals surface area contributed by atoms with Crippen LogP contribution in [0.4, 0.5) is 0 Å². The molecule has 2 atom stereocenters. The van der Waals surface area contributed by atoms with Gasteiger partial charge in [-0.3, -0.25) is 0 Å². The molecule has 0 bridgehead atoms. The molecule has 5 nitrogen and oxygen atoms in total. The molecule has 1 N–H and O–H groups in total. The Morgan fingerprint density at radius 3 is 2.36 bits per heavy atom. The van der Waals surface area contributed by atoms with Crippen LogP contribution in [0.15, 0.2) is 0 Å². The van der Waals surface area contributed by atoms with Crippen LogP contribution in [0.3, 0.4) is 0 Å². The highest BCUT2D eigenvalue weighted by Gasteiger charge is 2.29. The summed E-state index contributed by atoms with van der Waals surface area (Å²) in [5, 5.41) is 8.71. The molecule has 0 amide bonds. The Kier molecular flexibility index (Phi) is 2.71. The molecule has 0 aromatic carbocycles. The fourth-order valence-corrected chi connectivity index (χ4v) is 1.43. The third-order valence-electron chi connectivity index (χ3n) is 1.16. The summed E-state index contributed by atoms with van der Waals surface area (Å²) >= 11 is 0. The average Bonchev–Trinajstić information content (AvgIpc) is 1.86. The molecule has 2 unspecified atom stereocenters. The van der Waals surface area contributed by atoms with E-state index in [0.29, 0.717) is 0 Å². The Hall–Kier alpha value is 0.120. The van der Waals surface area contributed by atoms with Crippen LogP contribution in [-0.2, 0) is 18.5 Å². The zero-order valence-corrected chi connectivity index (χ0v) is 7.01. The molecule has 1 rings (SSSR count). The van der Waals surface area contributed by atoms with Gasteiger partial charge in [0.05, 0.1) is 13.2 Å². The van der Waals surface area contributed by atoms with E-state index in [1.807, 2.05) is 0 Å². The maximum Gasteiger partial charge on any atom is 0.261 e. The summed E-state index contributed by atoms with van der Waals surface area (Å²) in [6.45, 7) is -0.399. The van der Waals surface area contributed by atoms with Crippen LogP contribution in [0.2, 0.25) is 0 Å². The van der Waals surface area contributed by atoms with Gasteiger partial charge >= 0.3 is 0 Å². The molecule has 66 valence electrons. The zero-order valence-electron chi connectivity index (χ0n) is 5.44.